The van der Waals surface area contributed by atoms with E-state index in [0.29, 0.717) is 23.9 Å². The molecule has 1 amide bonds. The second-order valence-corrected chi connectivity index (χ2v) is 4.91. The first-order valence-electron chi connectivity index (χ1n) is 6.71. The summed E-state index contributed by atoms with van der Waals surface area (Å²) in [5, 5.41) is 0.655. The minimum absolute atomic E-state index is 0.0733. The van der Waals surface area contributed by atoms with E-state index in [-0.39, 0.29) is 24.9 Å². The van der Waals surface area contributed by atoms with Gasteiger partial charge in [-0.2, -0.15) is 0 Å². The first kappa shape index (κ1) is 17.3. The highest BCUT2D eigenvalue weighted by atomic mass is 35.5. The number of ether oxygens (including phenoxy) is 2. The molecule has 1 aromatic rings. The molecule has 6 heteroatoms. The van der Waals surface area contributed by atoms with E-state index in [1.807, 2.05) is 13.8 Å². The zero-order valence-corrected chi connectivity index (χ0v) is 13.3. The average molecular weight is 314 g/mol. The second kappa shape index (κ2) is 8.52. The molecule has 0 saturated heterocycles. The Kier molecular flexibility index (Phi) is 7.02. The smallest absolute Gasteiger partial charge is 0.307 e. The van der Waals surface area contributed by atoms with Crippen LogP contribution in [0.4, 0.5) is 0 Å². The van der Waals surface area contributed by atoms with Gasteiger partial charge in [0.25, 0.3) is 5.91 Å². The monoisotopic (exact) mass is 313 g/mol. The lowest BCUT2D eigenvalue weighted by Crippen LogP contribution is -2.36. The molecule has 0 unspecified atom stereocenters. The second-order valence-electron chi connectivity index (χ2n) is 4.50. The van der Waals surface area contributed by atoms with Crippen molar-refractivity contribution in [2.45, 2.75) is 20.3 Å². The van der Waals surface area contributed by atoms with Gasteiger partial charge in [0.15, 0.2) is 6.61 Å². The Morgan fingerprint density at radius 3 is 2.62 bits per heavy atom. The summed E-state index contributed by atoms with van der Waals surface area (Å²) in [6.07, 6.45) is 0.177. The molecule has 1 rings (SSSR count). The highest BCUT2D eigenvalue weighted by molar-refractivity contribution is 6.31. The van der Waals surface area contributed by atoms with Gasteiger partial charge in [0.1, 0.15) is 5.75 Å². The van der Waals surface area contributed by atoms with Crippen molar-refractivity contribution < 1.29 is 19.1 Å². The summed E-state index contributed by atoms with van der Waals surface area (Å²) in [7, 11) is 1.33. The molecule has 0 aromatic heterocycles. The number of rotatable bonds is 7. The van der Waals surface area contributed by atoms with Crippen molar-refractivity contribution >= 4 is 23.5 Å². The molecule has 0 heterocycles. The zero-order chi connectivity index (χ0) is 15.8. The average Bonchev–Trinajstić information content (AvgIpc) is 2.48. The van der Waals surface area contributed by atoms with Crippen molar-refractivity contribution in [2.24, 2.45) is 0 Å². The van der Waals surface area contributed by atoms with Crippen LogP contribution in [0, 0.1) is 6.92 Å². The number of carbonyl (C=O) groups is 2. The fourth-order valence-electron chi connectivity index (χ4n) is 1.73. The molecule has 0 saturated carbocycles. The molecule has 0 aliphatic rings. The van der Waals surface area contributed by atoms with Crippen LogP contribution in [0.3, 0.4) is 0 Å². The number of amides is 1. The van der Waals surface area contributed by atoms with E-state index in [4.69, 9.17) is 16.3 Å². The molecule has 0 fully saturated rings. The molecule has 0 bridgehead atoms. The van der Waals surface area contributed by atoms with E-state index in [1.165, 1.54) is 7.11 Å². The largest absolute Gasteiger partial charge is 0.484 e. The third kappa shape index (κ3) is 5.63. The molecule has 5 nitrogen and oxygen atoms in total. The summed E-state index contributed by atoms with van der Waals surface area (Å²) < 4.78 is 10.0. The Bertz CT molecular complexity index is 504. The van der Waals surface area contributed by atoms with Crippen molar-refractivity contribution in [1.82, 2.24) is 4.90 Å². The lowest BCUT2D eigenvalue weighted by molar-refractivity contribution is -0.142. The molecular formula is C15H20ClNO4. The van der Waals surface area contributed by atoms with Gasteiger partial charge in [-0.05, 0) is 37.6 Å². The minimum Gasteiger partial charge on any atom is -0.484 e. The number of nitrogens with zero attached hydrogens (tertiary/aromatic N) is 1. The standard InChI is InChI=1S/C15H20ClNO4/c1-4-17(8-7-15(19)20-3)14(18)10-21-12-5-6-13(16)11(2)9-12/h5-6,9H,4,7-8,10H2,1-3H3. The Hall–Kier alpha value is -1.75. The molecular weight excluding hydrogens is 294 g/mol. The SMILES string of the molecule is CCN(CCC(=O)OC)C(=O)COc1ccc(Cl)c(C)c1. The number of esters is 1. The van der Waals surface area contributed by atoms with Gasteiger partial charge in [0, 0.05) is 18.1 Å². The topological polar surface area (TPSA) is 55.8 Å². The van der Waals surface area contributed by atoms with E-state index in [2.05, 4.69) is 4.74 Å². The van der Waals surface area contributed by atoms with Gasteiger partial charge in [-0.1, -0.05) is 11.6 Å². The molecule has 0 aliphatic heterocycles. The van der Waals surface area contributed by atoms with Crippen LogP contribution in [0.2, 0.25) is 5.02 Å². The summed E-state index contributed by atoms with van der Waals surface area (Å²) >= 11 is 5.93. The maximum atomic E-state index is 12.0. The fourth-order valence-corrected chi connectivity index (χ4v) is 1.85. The number of aryl methyl sites for hydroxylation is 1. The first-order valence-corrected chi connectivity index (χ1v) is 7.09. The van der Waals surface area contributed by atoms with E-state index in [0.717, 1.165) is 5.56 Å². The van der Waals surface area contributed by atoms with Crippen LogP contribution in [0.15, 0.2) is 18.2 Å². The van der Waals surface area contributed by atoms with Crippen molar-refractivity contribution in [3.63, 3.8) is 0 Å². The molecule has 0 atom stereocenters. The van der Waals surface area contributed by atoms with E-state index >= 15 is 0 Å². The van der Waals surface area contributed by atoms with Crippen molar-refractivity contribution in [1.29, 1.82) is 0 Å². The molecule has 116 valence electrons. The minimum atomic E-state index is -0.338. The van der Waals surface area contributed by atoms with E-state index in [9.17, 15) is 9.59 Å². The number of methoxy groups -OCH3 is 1. The maximum Gasteiger partial charge on any atom is 0.307 e. The van der Waals surface area contributed by atoms with Crippen LogP contribution < -0.4 is 4.74 Å². The molecule has 0 radical (unpaired) electrons. The van der Waals surface area contributed by atoms with Crippen molar-refractivity contribution in [3.8, 4) is 5.75 Å². The lowest BCUT2D eigenvalue weighted by atomic mass is 10.2. The Balaban J connectivity index is 2.50. The third-order valence-electron chi connectivity index (χ3n) is 3.04. The van der Waals surface area contributed by atoms with Crippen molar-refractivity contribution in [3.05, 3.63) is 28.8 Å². The lowest BCUT2D eigenvalue weighted by Gasteiger charge is -2.20. The van der Waals surface area contributed by atoms with Crippen LogP contribution >= 0.6 is 11.6 Å². The van der Waals surface area contributed by atoms with Crippen LogP contribution in [0.1, 0.15) is 18.9 Å². The van der Waals surface area contributed by atoms with Crippen LogP contribution in [-0.2, 0) is 14.3 Å². The normalized spacial score (nSPS) is 10.1. The summed E-state index contributed by atoms with van der Waals surface area (Å²) in [6, 6.07) is 5.22. The molecule has 1 aromatic carbocycles. The summed E-state index contributed by atoms with van der Waals surface area (Å²) in [5.41, 5.74) is 0.889. The van der Waals surface area contributed by atoms with Crippen LogP contribution in [0.25, 0.3) is 0 Å². The highest BCUT2D eigenvalue weighted by Crippen LogP contribution is 2.20. The molecule has 21 heavy (non-hydrogen) atoms. The van der Waals surface area contributed by atoms with Crippen LogP contribution in [0.5, 0.6) is 5.75 Å². The number of likely N-dealkylation sites (N-methyl/N-ethyl adjacent to an activating group) is 1. The Morgan fingerprint density at radius 2 is 2.05 bits per heavy atom. The maximum absolute atomic E-state index is 12.0. The van der Waals surface area contributed by atoms with Gasteiger partial charge in [-0.25, -0.2) is 0 Å². The third-order valence-corrected chi connectivity index (χ3v) is 3.46. The molecule has 0 N–H and O–H groups in total. The molecule has 0 aliphatic carbocycles. The highest BCUT2D eigenvalue weighted by Gasteiger charge is 2.14. The number of carbonyl (C=O) groups excluding carboxylic acids is 2. The number of hydrogen-bond donors (Lipinski definition) is 0. The van der Waals surface area contributed by atoms with Crippen LogP contribution in [-0.4, -0.2) is 43.6 Å². The summed E-state index contributed by atoms with van der Waals surface area (Å²) in [4.78, 5) is 24.7. The van der Waals surface area contributed by atoms with Gasteiger partial charge in [0.2, 0.25) is 0 Å². The number of halogens is 1. The predicted molar refractivity (Wildman–Crippen MR) is 80.6 cm³/mol. The van der Waals surface area contributed by atoms with Gasteiger partial charge < -0.3 is 14.4 Å². The first-order chi connectivity index (χ1) is 9.97. The Labute approximate surface area is 129 Å². The predicted octanol–water partition coefficient (Wildman–Crippen LogP) is 2.44. The summed E-state index contributed by atoms with van der Waals surface area (Å²) in [5.74, 6) is 0.0822. The number of benzene rings is 1. The van der Waals surface area contributed by atoms with Crippen molar-refractivity contribution in [2.75, 3.05) is 26.8 Å². The quantitative estimate of drug-likeness (QED) is 0.726. The zero-order valence-electron chi connectivity index (χ0n) is 12.5. The van der Waals surface area contributed by atoms with Gasteiger partial charge in [0.05, 0.1) is 13.5 Å². The van der Waals surface area contributed by atoms with Gasteiger partial charge in [-0.15, -0.1) is 0 Å². The van der Waals surface area contributed by atoms with Gasteiger partial charge >= 0.3 is 5.97 Å². The Morgan fingerprint density at radius 1 is 1.33 bits per heavy atom. The molecule has 0 spiro atoms. The van der Waals surface area contributed by atoms with Gasteiger partial charge in [-0.3, -0.25) is 9.59 Å². The summed E-state index contributed by atoms with van der Waals surface area (Å²) in [6.45, 7) is 4.48. The number of hydrogen-bond acceptors (Lipinski definition) is 4. The van der Waals surface area contributed by atoms with E-state index in [1.54, 1.807) is 23.1 Å². The fraction of sp³-hybridized carbons (Fsp3) is 0.467. The van der Waals surface area contributed by atoms with E-state index < -0.39 is 0 Å².